The van der Waals surface area contributed by atoms with E-state index in [2.05, 4.69) is 10.3 Å². The molecule has 0 bridgehead atoms. The molecular formula is C12H17FN2O2. The molecule has 0 saturated carbocycles. The van der Waals surface area contributed by atoms with Gasteiger partial charge in [-0.3, -0.25) is 0 Å². The molecule has 0 radical (unpaired) electrons. The van der Waals surface area contributed by atoms with Crippen LogP contribution in [0.3, 0.4) is 0 Å². The zero-order chi connectivity index (χ0) is 12.1. The lowest BCUT2D eigenvalue weighted by atomic mass is 9.92. The minimum absolute atomic E-state index is 0.0788. The van der Waals surface area contributed by atoms with Crippen molar-refractivity contribution in [2.45, 2.75) is 6.42 Å². The fourth-order valence-electron chi connectivity index (χ4n) is 2.05. The van der Waals surface area contributed by atoms with Gasteiger partial charge in [-0.15, -0.1) is 0 Å². The molecule has 5 heteroatoms. The molecule has 2 rings (SSSR count). The van der Waals surface area contributed by atoms with Crippen LogP contribution in [0, 0.1) is 17.7 Å². The molecule has 1 aliphatic rings. The van der Waals surface area contributed by atoms with E-state index in [1.165, 1.54) is 12.3 Å². The topological polar surface area (TPSA) is 54.4 Å². The molecule has 17 heavy (non-hydrogen) atoms. The zero-order valence-corrected chi connectivity index (χ0v) is 9.60. The fourth-order valence-corrected chi connectivity index (χ4v) is 2.05. The molecule has 0 amide bonds. The molecular weight excluding hydrogens is 223 g/mol. The molecule has 1 aromatic rings. The Labute approximate surface area is 99.8 Å². The first-order valence-electron chi connectivity index (χ1n) is 5.84. The van der Waals surface area contributed by atoms with Crippen LogP contribution in [0.1, 0.15) is 6.42 Å². The van der Waals surface area contributed by atoms with E-state index in [1.807, 2.05) is 0 Å². The second-order valence-electron chi connectivity index (χ2n) is 4.28. The number of hydrogen-bond acceptors (Lipinski definition) is 4. The number of nitrogens with one attached hydrogen (secondary N) is 1. The molecule has 2 atom stereocenters. The highest BCUT2D eigenvalue weighted by atomic mass is 19.1. The van der Waals surface area contributed by atoms with E-state index >= 15 is 0 Å². The molecule has 2 unspecified atom stereocenters. The lowest BCUT2D eigenvalue weighted by Gasteiger charge is -2.20. The summed E-state index contributed by atoms with van der Waals surface area (Å²) in [5.74, 6) is 0.301. The molecule has 0 spiro atoms. The van der Waals surface area contributed by atoms with Crippen molar-refractivity contribution >= 4 is 5.82 Å². The van der Waals surface area contributed by atoms with Crippen molar-refractivity contribution < 1.29 is 14.2 Å². The molecule has 1 aromatic heterocycles. The van der Waals surface area contributed by atoms with Crippen molar-refractivity contribution in [2.24, 2.45) is 11.8 Å². The van der Waals surface area contributed by atoms with Crippen LogP contribution in [0.2, 0.25) is 0 Å². The summed E-state index contributed by atoms with van der Waals surface area (Å²) in [6.07, 6.45) is 2.50. The quantitative estimate of drug-likeness (QED) is 0.814. The van der Waals surface area contributed by atoms with Gasteiger partial charge in [0.15, 0.2) is 11.6 Å². The first-order valence-corrected chi connectivity index (χ1v) is 5.84. The molecule has 4 nitrogen and oxygen atoms in total. The molecule has 1 saturated heterocycles. The van der Waals surface area contributed by atoms with Gasteiger partial charge in [-0.05, 0) is 24.5 Å². The van der Waals surface area contributed by atoms with Gasteiger partial charge in [-0.2, -0.15) is 0 Å². The summed E-state index contributed by atoms with van der Waals surface area (Å²) in [5.41, 5.74) is 0. The Kier molecular flexibility index (Phi) is 4.28. The van der Waals surface area contributed by atoms with Crippen LogP contribution < -0.4 is 5.32 Å². The maximum Gasteiger partial charge on any atom is 0.165 e. The van der Waals surface area contributed by atoms with E-state index in [1.54, 1.807) is 6.07 Å². The van der Waals surface area contributed by atoms with Gasteiger partial charge < -0.3 is 15.2 Å². The Hall–Kier alpha value is -1.20. The number of anilines is 1. The number of nitrogens with zero attached hydrogens (tertiary/aromatic N) is 1. The first-order chi connectivity index (χ1) is 8.31. The second-order valence-corrected chi connectivity index (χ2v) is 4.28. The van der Waals surface area contributed by atoms with Crippen LogP contribution >= 0.6 is 0 Å². The third kappa shape index (κ3) is 3.14. The summed E-state index contributed by atoms with van der Waals surface area (Å²) in [4.78, 5) is 3.91. The van der Waals surface area contributed by atoms with Crippen molar-refractivity contribution in [1.29, 1.82) is 0 Å². The summed E-state index contributed by atoms with van der Waals surface area (Å²) in [5, 5.41) is 12.3. The van der Waals surface area contributed by atoms with Crippen molar-refractivity contribution in [1.82, 2.24) is 4.98 Å². The maximum atomic E-state index is 13.3. The van der Waals surface area contributed by atoms with Crippen LogP contribution in [0.25, 0.3) is 0 Å². The molecule has 1 fully saturated rings. The summed E-state index contributed by atoms with van der Waals surface area (Å²) in [6.45, 7) is 2.02. The first kappa shape index (κ1) is 12.3. The van der Waals surface area contributed by atoms with Gasteiger partial charge in [0, 0.05) is 38.5 Å². The number of hydrogen-bond donors (Lipinski definition) is 2. The van der Waals surface area contributed by atoms with Crippen molar-refractivity contribution in [2.75, 3.05) is 31.7 Å². The largest absolute Gasteiger partial charge is 0.396 e. The van der Waals surface area contributed by atoms with Crippen LogP contribution in [0.15, 0.2) is 18.3 Å². The minimum atomic E-state index is -0.369. The van der Waals surface area contributed by atoms with E-state index in [0.29, 0.717) is 19.1 Å². The van der Waals surface area contributed by atoms with Crippen LogP contribution in [-0.4, -0.2) is 36.5 Å². The van der Waals surface area contributed by atoms with Gasteiger partial charge in [0.05, 0.1) is 0 Å². The summed E-state index contributed by atoms with van der Waals surface area (Å²) >= 11 is 0. The van der Waals surface area contributed by atoms with Gasteiger partial charge in [0.25, 0.3) is 0 Å². The molecule has 2 heterocycles. The lowest BCUT2D eigenvalue weighted by molar-refractivity contribution is 0.144. The van der Waals surface area contributed by atoms with Crippen molar-refractivity contribution in [3.63, 3.8) is 0 Å². The average molecular weight is 240 g/mol. The van der Waals surface area contributed by atoms with Gasteiger partial charge in [0.2, 0.25) is 0 Å². The number of halogens is 1. The van der Waals surface area contributed by atoms with E-state index in [9.17, 15) is 9.50 Å². The molecule has 2 N–H and O–H groups in total. The second kappa shape index (κ2) is 5.93. The third-order valence-corrected chi connectivity index (χ3v) is 3.16. The van der Waals surface area contributed by atoms with Gasteiger partial charge >= 0.3 is 0 Å². The zero-order valence-electron chi connectivity index (χ0n) is 9.60. The summed E-state index contributed by atoms with van der Waals surface area (Å²) < 4.78 is 18.6. The van der Waals surface area contributed by atoms with E-state index in [-0.39, 0.29) is 24.2 Å². The molecule has 0 aliphatic carbocycles. The Balaban J connectivity index is 1.89. The number of aromatic nitrogens is 1. The molecule has 1 aliphatic heterocycles. The number of pyridine rings is 1. The monoisotopic (exact) mass is 240 g/mol. The Morgan fingerprint density at radius 1 is 1.65 bits per heavy atom. The normalized spacial score (nSPS) is 21.4. The standard InChI is InChI=1S/C12H17FN2O2/c13-11-2-1-4-14-12(11)15-6-10(7-16)9-3-5-17-8-9/h1-2,4,9-10,16H,3,5-8H2,(H,14,15). The van der Waals surface area contributed by atoms with Crippen LogP contribution in [-0.2, 0) is 4.74 Å². The highest BCUT2D eigenvalue weighted by molar-refractivity contribution is 5.35. The maximum absolute atomic E-state index is 13.3. The minimum Gasteiger partial charge on any atom is -0.396 e. The number of aliphatic hydroxyl groups is 1. The third-order valence-electron chi connectivity index (χ3n) is 3.16. The number of rotatable bonds is 5. The number of ether oxygens (including phenoxy) is 1. The Bertz CT molecular complexity index is 356. The van der Waals surface area contributed by atoms with Gasteiger partial charge in [-0.25, -0.2) is 9.37 Å². The predicted octanol–water partition coefficient (Wildman–Crippen LogP) is 1.28. The Morgan fingerprint density at radius 3 is 3.18 bits per heavy atom. The SMILES string of the molecule is OCC(CNc1ncccc1F)C1CCOC1. The predicted molar refractivity (Wildman–Crippen MR) is 62.2 cm³/mol. The Morgan fingerprint density at radius 2 is 2.53 bits per heavy atom. The van der Waals surface area contributed by atoms with E-state index in [0.717, 1.165) is 13.0 Å². The lowest BCUT2D eigenvalue weighted by Crippen LogP contribution is -2.27. The average Bonchev–Trinajstić information content (AvgIpc) is 2.86. The van der Waals surface area contributed by atoms with E-state index < -0.39 is 0 Å². The fraction of sp³-hybridized carbons (Fsp3) is 0.583. The summed E-state index contributed by atoms with van der Waals surface area (Å²) in [6, 6.07) is 2.91. The smallest absolute Gasteiger partial charge is 0.165 e. The highest BCUT2D eigenvalue weighted by Crippen LogP contribution is 2.22. The summed E-state index contributed by atoms with van der Waals surface area (Å²) in [7, 11) is 0. The van der Waals surface area contributed by atoms with E-state index in [4.69, 9.17) is 4.74 Å². The highest BCUT2D eigenvalue weighted by Gasteiger charge is 2.25. The van der Waals surface area contributed by atoms with Gasteiger partial charge in [0.1, 0.15) is 0 Å². The van der Waals surface area contributed by atoms with Crippen LogP contribution in [0.5, 0.6) is 0 Å². The van der Waals surface area contributed by atoms with Crippen molar-refractivity contribution in [3.8, 4) is 0 Å². The van der Waals surface area contributed by atoms with Gasteiger partial charge in [-0.1, -0.05) is 0 Å². The molecule has 0 aromatic carbocycles. The number of aliphatic hydroxyl groups excluding tert-OH is 1. The molecule has 94 valence electrons. The van der Waals surface area contributed by atoms with Crippen molar-refractivity contribution in [3.05, 3.63) is 24.1 Å². The van der Waals surface area contributed by atoms with Crippen LogP contribution in [0.4, 0.5) is 10.2 Å².